The van der Waals surface area contributed by atoms with E-state index in [1.54, 1.807) is 39.9 Å². The van der Waals surface area contributed by atoms with Gasteiger partial charge in [-0.05, 0) is 110 Å². The summed E-state index contributed by atoms with van der Waals surface area (Å²) in [5.41, 5.74) is -1.47. The fourth-order valence-electron chi connectivity index (χ4n) is 6.52. The molecule has 0 bridgehead atoms. The molecular weight excluding hydrogens is 652 g/mol. The highest BCUT2D eigenvalue weighted by molar-refractivity contribution is 5.81. The molecule has 1 aromatic carbocycles. The number of methoxy groups -OCH3 is 2. The SMILES string of the molecule is CCOC(=O)C(C)(C)CNC(=O)[C@@H](CC1OC(C)(C)N(C(=O)OC(C)(C)C)C1C[C@@H](Cc1ccc(OC)c(OCCCOC)c1)C(C)C)C(C)C. The van der Waals surface area contributed by atoms with E-state index in [2.05, 4.69) is 25.2 Å². The van der Waals surface area contributed by atoms with Crippen molar-refractivity contribution in [3.05, 3.63) is 23.8 Å². The minimum atomic E-state index is -0.980. The van der Waals surface area contributed by atoms with Crippen LogP contribution in [0.4, 0.5) is 4.79 Å². The van der Waals surface area contributed by atoms with Crippen molar-refractivity contribution in [3.8, 4) is 11.5 Å². The number of rotatable bonds is 19. The molecule has 2 unspecified atom stereocenters. The quantitative estimate of drug-likeness (QED) is 0.115. The van der Waals surface area contributed by atoms with Gasteiger partial charge in [0.15, 0.2) is 11.5 Å². The van der Waals surface area contributed by atoms with Gasteiger partial charge in [0.2, 0.25) is 5.91 Å². The molecule has 11 heteroatoms. The van der Waals surface area contributed by atoms with Crippen molar-refractivity contribution in [3.63, 3.8) is 0 Å². The summed E-state index contributed by atoms with van der Waals surface area (Å²) in [6.45, 7) is 24.6. The van der Waals surface area contributed by atoms with Gasteiger partial charge in [-0.1, -0.05) is 33.8 Å². The van der Waals surface area contributed by atoms with Crippen LogP contribution in [-0.4, -0.2) is 86.9 Å². The molecule has 0 saturated carbocycles. The standard InChI is InChI=1S/C40H68N2O9/c1-15-48-36(44)39(9,10)25-41-35(43)30(27(4)5)24-33-31(42(40(11,12)50-33)37(45)51-38(6,7)8)23-29(26(2)3)21-28-17-18-32(47-14)34(22-28)49-20-16-19-46-13/h17-18,22,26-27,29-31,33H,15-16,19-21,23-25H2,1-14H3,(H,41,43)/t29-,30+,31?,33?/m1/s1. The van der Waals surface area contributed by atoms with Crippen molar-refractivity contribution < 1.29 is 42.8 Å². The number of ether oxygens (including phenoxy) is 6. The van der Waals surface area contributed by atoms with Crippen LogP contribution in [0.1, 0.15) is 108 Å². The monoisotopic (exact) mass is 720 g/mol. The van der Waals surface area contributed by atoms with Crippen LogP contribution >= 0.6 is 0 Å². The molecule has 1 heterocycles. The average molecular weight is 721 g/mol. The third-order valence-electron chi connectivity index (χ3n) is 9.49. The van der Waals surface area contributed by atoms with Gasteiger partial charge in [0.05, 0.1) is 37.9 Å². The predicted octanol–water partition coefficient (Wildman–Crippen LogP) is 7.42. The third kappa shape index (κ3) is 13.1. The number of hydrogen-bond acceptors (Lipinski definition) is 9. The zero-order chi connectivity index (χ0) is 38.7. The van der Waals surface area contributed by atoms with Crippen LogP contribution in [0.3, 0.4) is 0 Å². The van der Waals surface area contributed by atoms with E-state index >= 15 is 0 Å². The van der Waals surface area contributed by atoms with Gasteiger partial charge in [-0.25, -0.2) is 4.79 Å². The molecule has 2 amide bonds. The van der Waals surface area contributed by atoms with Crippen molar-refractivity contribution in [2.45, 2.75) is 132 Å². The Morgan fingerprint density at radius 3 is 2.18 bits per heavy atom. The van der Waals surface area contributed by atoms with Crippen LogP contribution in [-0.2, 0) is 35.0 Å². The first kappa shape index (κ1) is 44.1. The van der Waals surface area contributed by atoms with Gasteiger partial charge in [0.25, 0.3) is 0 Å². The van der Waals surface area contributed by atoms with E-state index in [1.807, 2.05) is 60.6 Å². The smallest absolute Gasteiger partial charge is 0.412 e. The van der Waals surface area contributed by atoms with E-state index in [-0.39, 0.29) is 48.8 Å². The Hall–Kier alpha value is -3.05. The van der Waals surface area contributed by atoms with Crippen LogP contribution in [0.5, 0.6) is 11.5 Å². The van der Waals surface area contributed by atoms with Gasteiger partial charge in [-0.15, -0.1) is 0 Å². The van der Waals surface area contributed by atoms with Crippen LogP contribution in [0.2, 0.25) is 0 Å². The lowest BCUT2D eigenvalue weighted by Crippen LogP contribution is -2.51. The summed E-state index contributed by atoms with van der Waals surface area (Å²) in [7, 11) is 3.30. The molecule has 11 nitrogen and oxygen atoms in total. The van der Waals surface area contributed by atoms with Crippen LogP contribution < -0.4 is 14.8 Å². The van der Waals surface area contributed by atoms with Crippen molar-refractivity contribution in [2.75, 3.05) is 40.6 Å². The summed E-state index contributed by atoms with van der Waals surface area (Å²) in [5.74, 6) is 0.787. The summed E-state index contributed by atoms with van der Waals surface area (Å²) in [6, 6.07) is 5.67. The highest BCUT2D eigenvalue weighted by Gasteiger charge is 2.52. The second-order valence-corrected chi connectivity index (χ2v) is 16.6. The fourth-order valence-corrected chi connectivity index (χ4v) is 6.52. The number of benzene rings is 1. The van der Waals surface area contributed by atoms with Gasteiger partial charge in [-0.3, -0.25) is 14.5 Å². The molecule has 4 atom stereocenters. The molecule has 0 spiro atoms. The number of carbonyl (C=O) groups excluding carboxylic acids is 3. The first-order valence-electron chi connectivity index (χ1n) is 18.6. The van der Waals surface area contributed by atoms with E-state index in [0.717, 1.165) is 18.4 Å². The number of amides is 2. The number of carbonyl (C=O) groups is 3. The van der Waals surface area contributed by atoms with E-state index in [0.29, 0.717) is 37.6 Å². The van der Waals surface area contributed by atoms with Crippen molar-refractivity contribution in [1.29, 1.82) is 0 Å². The summed E-state index contributed by atoms with van der Waals surface area (Å²) in [4.78, 5) is 42.0. The molecule has 1 fully saturated rings. The zero-order valence-corrected chi connectivity index (χ0v) is 34.0. The molecule has 1 aliphatic rings. The summed E-state index contributed by atoms with van der Waals surface area (Å²) in [6.07, 6.45) is 1.63. The van der Waals surface area contributed by atoms with Gasteiger partial charge in [0.1, 0.15) is 11.3 Å². The molecule has 51 heavy (non-hydrogen) atoms. The average Bonchev–Trinajstić information content (AvgIpc) is 3.28. The normalized spacial score (nSPS) is 18.8. The molecule has 1 aliphatic heterocycles. The molecule has 0 aliphatic carbocycles. The minimum absolute atomic E-state index is 0.0267. The Bertz CT molecular complexity index is 1270. The molecule has 1 saturated heterocycles. The van der Waals surface area contributed by atoms with E-state index in [1.165, 1.54) is 0 Å². The van der Waals surface area contributed by atoms with Crippen LogP contribution in [0.25, 0.3) is 0 Å². The predicted molar refractivity (Wildman–Crippen MR) is 199 cm³/mol. The van der Waals surface area contributed by atoms with E-state index in [4.69, 9.17) is 28.4 Å². The first-order chi connectivity index (χ1) is 23.7. The largest absolute Gasteiger partial charge is 0.493 e. The molecule has 1 aromatic rings. The molecule has 292 valence electrons. The summed E-state index contributed by atoms with van der Waals surface area (Å²) < 4.78 is 34.7. The number of hydrogen-bond donors (Lipinski definition) is 1. The number of nitrogens with zero attached hydrogens (tertiary/aromatic N) is 1. The topological polar surface area (TPSA) is 122 Å². The van der Waals surface area contributed by atoms with Gasteiger partial charge in [-0.2, -0.15) is 0 Å². The van der Waals surface area contributed by atoms with E-state index < -0.39 is 34.9 Å². The summed E-state index contributed by atoms with van der Waals surface area (Å²) in [5, 5.41) is 3.02. The molecule has 2 rings (SSSR count). The minimum Gasteiger partial charge on any atom is -0.493 e. The van der Waals surface area contributed by atoms with Gasteiger partial charge < -0.3 is 33.7 Å². The third-order valence-corrected chi connectivity index (χ3v) is 9.49. The Balaban J connectivity index is 2.45. The second kappa shape index (κ2) is 19.1. The highest BCUT2D eigenvalue weighted by Crippen LogP contribution is 2.42. The van der Waals surface area contributed by atoms with Gasteiger partial charge in [0, 0.05) is 32.6 Å². The maximum Gasteiger partial charge on any atom is 0.412 e. The van der Waals surface area contributed by atoms with Crippen molar-refractivity contribution in [2.24, 2.45) is 29.1 Å². The van der Waals surface area contributed by atoms with Crippen molar-refractivity contribution in [1.82, 2.24) is 10.2 Å². The fraction of sp³-hybridized carbons (Fsp3) is 0.775. The first-order valence-corrected chi connectivity index (χ1v) is 18.6. The Morgan fingerprint density at radius 2 is 1.63 bits per heavy atom. The van der Waals surface area contributed by atoms with Crippen LogP contribution in [0.15, 0.2) is 18.2 Å². The number of nitrogens with one attached hydrogen (secondary N) is 1. The second-order valence-electron chi connectivity index (χ2n) is 16.6. The molecular formula is C40H68N2O9. The lowest BCUT2D eigenvalue weighted by molar-refractivity contribution is -0.153. The van der Waals surface area contributed by atoms with Crippen molar-refractivity contribution >= 4 is 18.0 Å². The van der Waals surface area contributed by atoms with Crippen LogP contribution in [0, 0.1) is 29.1 Å². The van der Waals surface area contributed by atoms with E-state index in [9.17, 15) is 14.4 Å². The van der Waals surface area contributed by atoms with Gasteiger partial charge >= 0.3 is 12.1 Å². The molecule has 0 radical (unpaired) electrons. The lowest BCUT2D eigenvalue weighted by Gasteiger charge is -2.37. The molecule has 0 aromatic heterocycles. The lowest BCUT2D eigenvalue weighted by atomic mass is 9.80. The number of esters is 1. The Labute approximate surface area is 307 Å². The Kier molecular flexibility index (Phi) is 16.6. The summed E-state index contributed by atoms with van der Waals surface area (Å²) >= 11 is 0. The zero-order valence-electron chi connectivity index (χ0n) is 34.0. The highest BCUT2D eigenvalue weighted by atomic mass is 16.6. The maximum atomic E-state index is 13.9. The molecule has 1 N–H and O–H groups in total. The maximum absolute atomic E-state index is 13.9. The Morgan fingerprint density at radius 1 is 0.961 bits per heavy atom.